The second-order valence-corrected chi connectivity index (χ2v) is 6.08. The Hall–Kier alpha value is 0.01000. The van der Waals surface area contributed by atoms with E-state index < -0.39 is 6.80 Å². The molecular formula is C6H6ClO3PS. The summed E-state index contributed by atoms with van der Waals surface area (Å²) >= 11 is 6.10. The Morgan fingerprint density at radius 2 is 1.75 bits per heavy atom. The molecule has 0 spiro atoms. The highest BCUT2D eigenvalue weighted by atomic mass is 35.5. The lowest BCUT2D eigenvalue weighted by atomic mass is 10.4. The van der Waals surface area contributed by atoms with Crippen LogP contribution in [-0.4, -0.2) is 9.79 Å². The summed E-state index contributed by atoms with van der Waals surface area (Å²) in [6, 6.07) is 6.29. The Kier molecular flexibility index (Phi) is 3.21. The van der Waals surface area contributed by atoms with E-state index in [1.54, 1.807) is 24.3 Å². The molecule has 6 heteroatoms. The molecule has 0 saturated carbocycles. The minimum absolute atomic E-state index is 0.507. The second-order valence-electron chi connectivity index (χ2n) is 2.04. The molecule has 1 aromatic carbocycles. The molecule has 0 bridgehead atoms. The number of hydrogen-bond acceptors (Lipinski definition) is 2. The van der Waals surface area contributed by atoms with Crippen LogP contribution in [0.5, 0.6) is 0 Å². The molecule has 0 aliphatic carbocycles. The van der Waals surface area contributed by atoms with Crippen LogP contribution in [0.4, 0.5) is 0 Å². The van der Waals surface area contributed by atoms with Gasteiger partial charge in [0, 0.05) is 9.92 Å². The Labute approximate surface area is 78.7 Å². The summed E-state index contributed by atoms with van der Waals surface area (Å²) in [5, 5.41) is 0.546. The third-order valence-corrected chi connectivity index (χ3v) is 3.36. The van der Waals surface area contributed by atoms with Gasteiger partial charge in [-0.2, -0.15) is 0 Å². The van der Waals surface area contributed by atoms with E-state index in [0.717, 1.165) is 0 Å². The third-order valence-electron chi connectivity index (χ3n) is 1.04. The zero-order valence-corrected chi connectivity index (χ0v) is 8.31. The van der Waals surface area contributed by atoms with Gasteiger partial charge in [0.15, 0.2) is 0 Å². The van der Waals surface area contributed by atoms with Gasteiger partial charge in [-0.3, -0.25) is 0 Å². The fraction of sp³-hybridized carbons (Fsp3) is 0. The van der Waals surface area contributed by atoms with Crippen LogP contribution in [0, 0.1) is 0 Å². The molecule has 0 radical (unpaired) electrons. The standard InChI is InChI=1S/C6H6ClO3PS/c7-5-1-3-6(4-2-5)12-11(8,9)10/h1-4H,(H2,8,9,10). The lowest BCUT2D eigenvalue weighted by molar-refractivity contribution is 0.397. The zero-order valence-electron chi connectivity index (χ0n) is 5.85. The van der Waals surface area contributed by atoms with Crippen molar-refractivity contribution in [3.63, 3.8) is 0 Å². The van der Waals surface area contributed by atoms with Gasteiger partial charge in [0.1, 0.15) is 0 Å². The van der Waals surface area contributed by atoms with Crippen molar-refractivity contribution >= 4 is 29.8 Å². The average molecular weight is 225 g/mol. The largest absolute Gasteiger partial charge is 0.388 e. The molecule has 1 rings (SSSR count). The molecule has 1 aromatic rings. The van der Waals surface area contributed by atoms with Crippen molar-refractivity contribution in [3.05, 3.63) is 29.3 Å². The number of rotatable bonds is 2. The Balaban J connectivity index is 2.78. The first-order valence-corrected chi connectivity index (χ1v) is 6.39. The Morgan fingerprint density at radius 1 is 1.25 bits per heavy atom. The lowest BCUT2D eigenvalue weighted by Gasteiger charge is -2.01. The van der Waals surface area contributed by atoms with Gasteiger partial charge in [-0.25, -0.2) is 4.57 Å². The fourth-order valence-corrected chi connectivity index (χ4v) is 2.48. The van der Waals surface area contributed by atoms with Crippen molar-refractivity contribution in [1.82, 2.24) is 0 Å². The van der Waals surface area contributed by atoms with Gasteiger partial charge in [-0.05, 0) is 35.6 Å². The van der Waals surface area contributed by atoms with Crippen molar-refractivity contribution in [2.24, 2.45) is 0 Å². The number of benzene rings is 1. The molecule has 0 aliphatic rings. The maximum Gasteiger partial charge on any atom is 0.388 e. The minimum atomic E-state index is -4.03. The molecule has 66 valence electrons. The minimum Gasteiger partial charge on any atom is -0.316 e. The van der Waals surface area contributed by atoms with Gasteiger partial charge in [-0.15, -0.1) is 0 Å². The molecule has 0 aromatic heterocycles. The third kappa shape index (κ3) is 3.61. The quantitative estimate of drug-likeness (QED) is 0.758. The van der Waals surface area contributed by atoms with Gasteiger partial charge < -0.3 is 9.79 Å². The van der Waals surface area contributed by atoms with E-state index in [1.807, 2.05) is 0 Å². The Morgan fingerprint density at radius 3 is 2.17 bits per heavy atom. The van der Waals surface area contributed by atoms with Crippen molar-refractivity contribution in [2.75, 3.05) is 0 Å². The van der Waals surface area contributed by atoms with E-state index in [-0.39, 0.29) is 0 Å². The molecule has 0 amide bonds. The fourth-order valence-electron chi connectivity index (χ4n) is 0.633. The Bertz CT molecular complexity index is 307. The molecule has 0 saturated heterocycles. The maximum absolute atomic E-state index is 10.5. The van der Waals surface area contributed by atoms with Gasteiger partial charge >= 0.3 is 6.80 Å². The molecule has 12 heavy (non-hydrogen) atoms. The van der Waals surface area contributed by atoms with Crippen LogP contribution >= 0.6 is 29.8 Å². The first-order chi connectivity index (χ1) is 5.47. The summed E-state index contributed by atoms with van der Waals surface area (Å²) in [5.41, 5.74) is 0. The first kappa shape index (κ1) is 10.1. The van der Waals surface area contributed by atoms with Crippen LogP contribution in [0.3, 0.4) is 0 Å². The van der Waals surface area contributed by atoms with Crippen LogP contribution in [0.1, 0.15) is 0 Å². The average Bonchev–Trinajstić information content (AvgIpc) is 1.91. The van der Waals surface area contributed by atoms with E-state index in [9.17, 15) is 4.57 Å². The molecule has 0 atom stereocenters. The van der Waals surface area contributed by atoms with E-state index in [1.165, 1.54) is 0 Å². The maximum atomic E-state index is 10.5. The molecule has 0 fully saturated rings. The smallest absolute Gasteiger partial charge is 0.316 e. The number of halogens is 1. The van der Waals surface area contributed by atoms with E-state index in [4.69, 9.17) is 21.4 Å². The summed E-state index contributed by atoms with van der Waals surface area (Å²) in [7, 11) is 0. The summed E-state index contributed by atoms with van der Waals surface area (Å²) in [6.07, 6.45) is 0. The predicted molar refractivity (Wildman–Crippen MR) is 49.4 cm³/mol. The van der Waals surface area contributed by atoms with Gasteiger partial charge in [0.2, 0.25) is 0 Å². The van der Waals surface area contributed by atoms with Crippen molar-refractivity contribution in [1.29, 1.82) is 0 Å². The molecule has 2 N–H and O–H groups in total. The monoisotopic (exact) mass is 224 g/mol. The SMILES string of the molecule is O=P(O)(O)Sc1ccc(Cl)cc1. The number of hydrogen-bond donors (Lipinski definition) is 2. The molecular weight excluding hydrogens is 219 g/mol. The summed E-state index contributed by atoms with van der Waals surface area (Å²) in [5.74, 6) is 0. The summed E-state index contributed by atoms with van der Waals surface area (Å²) in [4.78, 5) is 17.7. The van der Waals surface area contributed by atoms with Gasteiger partial charge in [0.05, 0.1) is 0 Å². The normalized spacial score (nSPS) is 11.6. The highest BCUT2D eigenvalue weighted by Gasteiger charge is 2.14. The van der Waals surface area contributed by atoms with Crippen LogP contribution in [0.2, 0.25) is 5.02 Å². The molecule has 0 aliphatic heterocycles. The van der Waals surface area contributed by atoms with E-state index in [2.05, 4.69) is 0 Å². The topological polar surface area (TPSA) is 57.5 Å². The second kappa shape index (κ2) is 3.81. The van der Waals surface area contributed by atoms with Crippen LogP contribution in [0.25, 0.3) is 0 Å². The lowest BCUT2D eigenvalue weighted by Crippen LogP contribution is -1.72. The molecule has 3 nitrogen and oxygen atoms in total. The summed E-state index contributed by atoms with van der Waals surface area (Å²) in [6.45, 7) is -4.03. The summed E-state index contributed by atoms with van der Waals surface area (Å²) < 4.78 is 10.5. The van der Waals surface area contributed by atoms with Gasteiger partial charge in [-0.1, -0.05) is 11.6 Å². The molecule has 0 unspecified atom stereocenters. The highest BCUT2D eigenvalue weighted by molar-refractivity contribution is 8.54. The van der Waals surface area contributed by atoms with Crippen LogP contribution < -0.4 is 0 Å². The molecule has 0 heterocycles. The first-order valence-electron chi connectivity index (χ1n) is 2.98. The zero-order chi connectivity index (χ0) is 9.19. The van der Waals surface area contributed by atoms with E-state index in [0.29, 0.717) is 21.3 Å². The van der Waals surface area contributed by atoms with Crippen molar-refractivity contribution in [3.8, 4) is 0 Å². The van der Waals surface area contributed by atoms with E-state index >= 15 is 0 Å². The van der Waals surface area contributed by atoms with Crippen LogP contribution in [-0.2, 0) is 4.57 Å². The van der Waals surface area contributed by atoms with Crippen molar-refractivity contribution < 1.29 is 14.4 Å². The highest BCUT2D eigenvalue weighted by Crippen LogP contribution is 2.54. The predicted octanol–water partition coefficient (Wildman–Crippen LogP) is 2.52. The van der Waals surface area contributed by atoms with Gasteiger partial charge in [0.25, 0.3) is 0 Å². The van der Waals surface area contributed by atoms with Crippen LogP contribution in [0.15, 0.2) is 29.2 Å². The van der Waals surface area contributed by atoms with Crippen molar-refractivity contribution in [2.45, 2.75) is 4.90 Å².